The number of hydrogen-bond donors (Lipinski definition) is 1. The van der Waals surface area contributed by atoms with Crippen LogP contribution in [0.1, 0.15) is 54.6 Å². The first-order chi connectivity index (χ1) is 14.5. The van der Waals surface area contributed by atoms with E-state index in [-0.39, 0.29) is 17.9 Å². The van der Waals surface area contributed by atoms with Gasteiger partial charge in [-0.05, 0) is 73.3 Å². The van der Waals surface area contributed by atoms with Crippen LogP contribution in [0.3, 0.4) is 0 Å². The van der Waals surface area contributed by atoms with Crippen molar-refractivity contribution in [3.8, 4) is 0 Å². The Morgan fingerprint density at radius 2 is 1.83 bits per heavy atom. The van der Waals surface area contributed by atoms with Crippen LogP contribution in [0.25, 0.3) is 0 Å². The standard InChI is InChI=1S/C23H29ClN4O2/c24-20-4-2-1-3-19(20)13-28-14-21(25-26-28)22(30)27(5-6-29)15-23-10-16-7-17(11-23)9-18(8-16)12-23/h1-4,14,16-18,29H,5-13,15H2. The summed E-state index contributed by atoms with van der Waals surface area (Å²) in [5, 5.41) is 18.6. The third-order valence-corrected chi connectivity index (χ3v) is 7.77. The number of carbonyl (C=O) groups excluding carboxylic acids is 1. The van der Waals surface area contributed by atoms with E-state index in [0.29, 0.717) is 23.8 Å². The van der Waals surface area contributed by atoms with E-state index >= 15 is 0 Å². The lowest BCUT2D eigenvalue weighted by Gasteiger charge is -2.57. The number of hydrogen-bond acceptors (Lipinski definition) is 4. The highest BCUT2D eigenvalue weighted by Crippen LogP contribution is 2.60. The molecule has 4 aliphatic carbocycles. The zero-order valence-electron chi connectivity index (χ0n) is 17.2. The van der Waals surface area contributed by atoms with Crippen LogP contribution in [0.2, 0.25) is 5.02 Å². The van der Waals surface area contributed by atoms with Crippen LogP contribution in [0.5, 0.6) is 0 Å². The van der Waals surface area contributed by atoms with Gasteiger partial charge in [-0.1, -0.05) is 35.0 Å². The van der Waals surface area contributed by atoms with Crippen molar-refractivity contribution in [1.82, 2.24) is 19.9 Å². The molecular formula is C23H29ClN4O2. The number of amides is 1. The molecule has 1 aromatic carbocycles. The lowest BCUT2D eigenvalue weighted by molar-refractivity contribution is -0.0662. The summed E-state index contributed by atoms with van der Waals surface area (Å²) in [4.78, 5) is 15.1. The molecule has 4 saturated carbocycles. The molecule has 6 rings (SSSR count). The number of aromatic nitrogens is 3. The molecule has 30 heavy (non-hydrogen) atoms. The maximum Gasteiger partial charge on any atom is 0.276 e. The van der Waals surface area contributed by atoms with E-state index in [1.165, 1.54) is 38.5 Å². The third-order valence-electron chi connectivity index (χ3n) is 7.40. The topological polar surface area (TPSA) is 71.2 Å². The Morgan fingerprint density at radius 3 is 2.47 bits per heavy atom. The maximum absolute atomic E-state index is 13.3. The molecule has 0 saturated heterocycles. The highest BCUT2D eigenvalue weighted by atomic mass is 35.5. The minimum atomic E-state index is -0.134. The minimum Gasteiger partial charge on any atom is -0.395 e. The SMILES string of the molecule is O=C(c1cn(Cc2ccccc2Cl)nn1)N(CCO)CC12CC3CC(CC(C3)C1)C2. The number of nitrogens with zero attached hydrogens (tertiary/aromatic N) is 4. The van der Waals surface area contributed by atoms with E-state index in [0.717, 1.165) is 29.9 Å². The molecule has 4 aliphatic rings. The van der Waals surface area contributed by atoms with Gasteiger partial charge in [0.15, 0.2) is 5.69 Å². The first kappa shape index (κ1) is 20.0. The van der Waals surface area contributed by atoms with Gasteiger partial charge in [-0.2, -0.15) is 0 Å². The molecule has 0 unspecified atom stereocenters. The van der Waals surface area contributed by atoms with Crippen LogP contribution in [0, 0.1) is 23.2 Å². The van der Waals surface area contributed by atoms with E-state index in [9.17, 15) is 9.90 Å². The molecular weight excluding hydrogens is 400 g/mol. The molecule has 0 aliphatic heterocycles. The monoisotopic (exact) mass is 428 g/mol. The van der Waals surface area contributed by atoms with Crippen LogP contribution < -0.4 is 0 Å². The Bertz CT molecular complexity index is 892. The van der Waals surface area contributed by atoms with E-state index in [2.05, 4.69) is 10.3 Å². The summed E-state index contributed by atoms with van der Waals surface area (Å²) >= 11 is 6.24. The fourth-order valence-electron chi connectivity index (χ4n) is 6.70. The van der Waals surface area contributed by atoms with E-state index in [1.807, 2.05) is 29.2 Å². The highest BCUT2D eigenvalue weighted by molar-refractivity contribution is 6.31. The molecule has 2 aromatic rings. The lowest BCUT2D eigenvalue weighted by Crippen LogP contribution is -2.52. The van der Waals surface area contributed by atoms with E-state index in [4.69, 9.17) is 11.6 Å². The number of carbonyl (C=O) groups is 1. The molecule has 1 N–H and O–H groups in total. The number of rotatable bonds is 7. The average molecular weight is 429 g/mol. The van der Waals surface area contributed by atoms with Crippen LogP contribution >= 0.6 is 11.6 Å². The average Bonchev–Trinajstić information content (AvgIpc) is 3.16. The van der Waals surface area contributed by atoms with Gasteiger partial charge in [0.1, 0.15) is 0 Å². The van der Waals surface area contributed by atoms with Crippen LogP contribution in [-0.4, -0.2) is 50.6 Å². The molecule has 6 nitrogen and oxygen atoms in total. The first-order valence-electron chi connectivity index (χ1n) is 11.1. The van der Waals surface area contributed by atoms with Crippen molar-refractivity contribution in [1.29, 1.82) is 0 Å². The van der Waals surface area contributed by atoms with Crippen LogP contribution in [0.4, 0.5) is 0 Å². The number of halogens is 1. The molecule has 1 heterocycles. The van der Waals surface area contributed by atoms with Gasteiger partial charge in [-0.25, -0.2) is 4.68 Å². The van der Waals surface area contributed by atoms with Crippen LogP contribution in [0.15, 0.2) is 30.5 Å². The van der Waals surface area contributed by atoms with Crippen molar-refractivity contribution < 1.29 is 9.90 Å². The predicted molar refractivity (Wildman–Crippen MR) is 114 cm³/mol. The molecule has 0 spiro atoms. The highest BCUT2D eigenvalue weighted by Gasteiger charge is 2.51. The maximum atomic E-state index is 13.3. The minimum absolute atomic E-state index is 0.0358. The van der Waals surface area contributed by atoms with Crippen molar-refractivity contribution in [2.45, 2.75) is 45.1 Å². The van der Waals surface area contributed by atoms with Gasteiger partial charge >= 0.3 is 0 Å². The molecule has 0 radical (unpaired) electrons. The first-order valence-corrected chi connectivity index (χ1v) is 11.4. The molecule has 1 amide bonds. The van der Waals surface area contributed by atoms with Gasteiger partial charge in [0, 0.05) is 18.1 Å². The zero-order valence-corrected chi connectivity index (χ0v) is 18.0. The summed E-state index contributed by atoms with van der Waals surface area (Å²) in [6.45, 7) is 1.51. The summed E-state index contributed by atoms with van der Waals surface area (Å²) in [6.07, 6.45) is 9.51. The Morgan fingerprint density at radius 1 is 1.17 bits per heavy atom. The number of aliphatic hydroxyl groups excluding tert-OH is 1. The number of benzene rings is 1. The van der Waals surface area contributed by atoms with Crippen molar-refractivity contribution in [2.24, 2.45) is 23.2 Å². The fraction of sp³-hybridized carbons (Fsp3) is 0.609. The van der Waals surface area contributed by atoms with Gasteiger partial charge in [-0.3, -0.25) is 4.79 Å². The van der Waals surface area contributed by atoms with Crippen LogP contribution in [-0.2, 0) is 6.54 Å². The lowest BCUT2D eigenvalue weighted by atomic mass is 9.49. The molecule has 7 heteroatoms. The zero-order chi connectivity index (χ0) is 20.7. The number of aliphatic hydroxyl groups is 1. The second-order valence-electron chi connectivity index (χ2n) is 9.76. The second-order valence-corrected chi connectivity index (χ2v) is 10.2. The summed E-state index contributed by atoms with van der Waals surface area (Å²) in [7, 11) is 0. The third kappa shape index (κ3) is 3.87. The Labute approximate surface area is 182 Å². The summed E-state index contributed by atoms with van der Waals surface area (Å²) in [6, 6.07) is 7.60. The molecule has 0 atom stereocenters. The Kier molecular flexibility index (Phi) is 5.31. The fourth-order valence-corrected chi connectivity index (χ4v) is 6.89. The van der Waals surface area contributed by atoms with Gasteiger partial charge in [0.2, 0.25) is 0 Å². The quantitative estimate of drug-likeness (QED) is 0.730. The van der Waals surface area contributed by atoms with Gasteiger partial charge in [0.25, 0.3) is 5.91 Å². The van der Waals surface area contributed by atoms with E-state index in [1.54, 1.807) is 10.9 Å². The van der Waals surface area contributed by atoms with Crippen molar-refractivity contribution in [3.05, 3.63) is 46.7 Å². The molecule has 4 fully saturated rings. The molecule has 160 valence electrons. The predicted octanol–water partition coefficient (Wildman–Crippen LogP) is 3.63. The van der Waals surface area contributed by atoms with Crippen molar-refractivity contribution >= 4 is 17.5 Å². The summed E-state index contributed by atoms with van der Waals surface area (Å²) in [5.74, 6) is 2.36. The van der Waals surface area contributed by atoms with Gasteiger partial charge in [0.05, 0.1) is 19.3 Å². The van der Waals surface area contributed by atoms with Crippen molar-refractivity contribution in [2.75, 3.05) is 19.7 Å². The van der Waals surface area contributed by atoms with Crippen molar-refractivity contribution in [3.63, 3.8) is 0 Å². The summed E-state index contributed by atoms with van der Waals surface area (Å²) < 4.78 is 1.65. The largest absolute Gasteiger partial charge is 0.395 e. The Balaban J connectivity index is 1.31. The van der Waals surface area contributed by atoms with E-state index < -0.39 is 0 Å². The Hall–Kier alpha value is -1.92. The second kappa shape index (κ2) is 7.97. The molecule has 1 aromatic heterocycles. The summed E-state index contributed by atoms with van der Waals surface area (Å²) in [5.41, 5.74) is 1.50. The smallest absolute Gasteiger partial charge is 0.276 e. The molecule has 4 bridgehead atoms. The van der Waals surface area contributed by atoms with Gasteiger partial charge < -0.3 is 10.0 Å². The normalized spacial score (nSPS) is 29.3. The van der Waals surface area contributed by atoms with Gasteiger partial charge in [-0.15, -0.1) is 5.10 Å².